The lowest BCUT2D eigenvalue weighted by Crippen LogP contribution is -2.39. The topological polar surface area (TPSA) is 68.2 Å². The number of amides is 1. The molecule has 1 aromatic rings. The molecule has 0 spiro atoms. The van der Waals surface area contributed by atoms with Gasteiger partial charge in [-0.2, -0.15) is 0 Å². The van der Waals surface area contributed by atoms with Gasteiger partial charge in [0.2, 0.25) is 5.91 Å². The van der Waals surface area contributed by atoms with E-state index in [1.54, 1.807) is 25.9 Å². The fourth-order valence-corrected chi connectivity index (χ4v) is 3.84. The summed E-state index contributed by atoms with van der Waals surface area (Å²) in [6.45, 7) is 3.77. The number of carbonyl (C=O) groups is 2. The van der Waals surface area contributed by atoms with Crippen molar-refractivity contribution in [1.82, 2.24) is 4.90 Å². The van der Waals surface area contributed by atoms with Gasteiger partial charge in [0.1, 0.15) is 11.8 Å². The van der Waals surface area contributed by atoms with E-state index in [0.29, 0.717) is 27.9 Å². The van der Waals surface area contributed by atoms with E-state index in [-0.39, 0.29) is 12.5 Å². The van der Waals surface area contributed by atoms with Crippen molar-refractivity contribution in [2.24, 2.45) is 4.99 Å². The number of hydrogen-bond donors (Lipinski definition) is 0. The molecule has 24 heavy (non-hydrogen) atoms. The van der Waals surface area contributed by atoms with E-state index in [1.165, 1.54) is 11.8 Å². The van der Waals surface area contributed by atoms with Gasteiger partial charge >= 0.3 is 5.97 Å². The number of ether oxygens (including phenoxy) is 2. The third-order valence-electron chi connectivity index (χ3n) is 3.91. The molecular formula is C17H18N2O4S. The van der Waals surface area contributed by atoms with Gasteiger partial charge in [-0.3, -0.25) is 9.69 Å². The van der Waals surface area contributed by atoms with E-state index in [2.05, 4.69) is 4.99 Å². The molecule has 0 N–H and O–H groups in total. The zero-order valence-electron chi connectivity index (χ0n) is 13.7. The first-order valence-electron chi connectivity index (χ1n) is 7.62. The molecule has 6 nitrogen and oxygen atoms in total. The maximum absolute atomic E-state index is 12.6. The van der Waals surface area contributed by atoms with Crippen molar-refractivity contribution >= 4 is 28.8 Å². The summed E-state index contributed by atoms with van der Waals surface area (Å²) < 4.78 is 10.7. The zero-order valence-corrected chi connectivity index (χ0v) is 14.6. The summed E-state index contributed by atoms with van der Waals surface area (Å²) in [7, 11) is 1.57. The van der Waals surface area contributed by atoms with Crippen LogP contribution in [-0.4, -0.2) is 41.4 Å². The minimum atomic E-state index is -0.588. The number of thioether (sulfide) groups is 1. The Balaban J connectivity index is 2.18. The van der Waals surface area contributed by atoms with E-state index < -0.39 is 12.0 Å². The maximum atomic E-state index is 12.6. The average Bonchev–Trinajstić information content (AvgIpc) is 2.94. The monoisotopic (exact) mass is 346 g/mol. The number of rotatable bonds is 4. The lowest BCUT2D eigenvalue weighted by atomic mass is 9.93. The quantitative estimate of drug-likeness (QED) is 0.784. The number of benzene rings is 1. The van der Waals surface area contributed by atoms with Crippen LogP contribution in [0.25, 0.3) is 0 Å². The predicted octanol–water partition coefficient (Wildman–Crippen LogP) is 2.52. The highest BCUT2D eigenvalue weighted by Gasteiger charge is 2.44. The molecule has 7 heteroatoms. The van der Waals surface area contributed by atoms with E-state index in [4.69, 9.17) is 9.47 Å². The molecule has 1 fully saturated rings. The number of amidine groups is 1. The Hall–Kier alpha value is -2.28. The minimum absolute atomic E-state index is 0.0797. The molecule has 0 saturated carbocycles. The minimum Gasteiger partial charge on any atom is -0.496 e. The first-order valence-corrected chi connectivity index (χ1v) is 8.61. The van der Waals surface area contributed by atoms with Crippen LogP contribution in [0.15, 0.2) is 40.5 Å². The second kappa shape index (κ2) is 6.68. The first-order chi connectivity index (χ1) is 11.6. The number of methoxy groups -OCH3 is 1. The van der Waals surface area contributed by atoms with Crippen LogP contribution in [0, 0.1) is 0 Å². The summed E-state index contributed by atoms with van der Waals surface area (Å²) in [5.74, 6) is 0.388. The van der Waals surface area contributed by atoms with Gasteiger partial charge in [-0.1, -0.05) is 30.0 Å². The third-order valence-corrected chi connectivity index (χ3v) is 4.85. The van der Waals surface area contributed by atoms with Gasteiger partial charge in [0.05, 0.1) is 30.7 Å². The summed E-state index contributed by atoms with van der Waals surface area (Å²) in [4.78, 5) is 31.0. The highest BCUT2D eigenvalue weighted by Crippen LogP contribution is 2.43. The Labute approximate surface area is 144 Å². The Morgan fingerprint density at radius 2 is 2.17 bits per heavy atom. The van der Waals surface area contributed by atoms with Gasteiger partial charge in [0.25, 0.3) is 0 Å². The molecule has 0 radical (unpaired) electrons. The van der Waals surface area contributed by atoms with Crippen LogP contribution < -0.4 is 4.74 Å². The Bertz CT molecular complexity index is 757. The van der Waals surface area contributed by atoms with E-state index in [0.717, 1.165) is 5.56 Å². The lowest BCUT2D eigenvalue weighted by molar-refractivity contribution is -0.139. The molecule has 2 aliphatic heterocycles. The summed E-state index contributed by atoms with van der Waals surface area (Å²) in [6.07, 6.45) is 0. The molecule has 0 aliphatic carbocycles. The van der Waals surface area contributed by atoms with Crippen molar-refractivity contribution in [2.75, 3.05) is 19.5 Å². The van der Waals surface area contributed by atoms with Crippen LogP contribution >= 0.6 is 11.8 Å². The summed E-state index contributed by atoms with van der Waals surface area (Å²) in [5.41, 5.74) is 1.68. The van der Waals surface area contributed by atoms with Crippen molar-refractivity contribution in [3.05, 3.63) is 41.1 Å². The Morgan fingerprint density at radius 3 is 2.88 bits per heavy atom. The Morgan fingerprint density at radius 1 is 1.42 bits per heavy atom. The highest BCUT2D eigenvalue weighted by molar-refractivity contribution is 8.15. The number of carbonyl (C=O) groups excluding carboxylic acids is 2. The smallest absolute Gasteiger partial charge is 0.338 e. The molecule has 126 valence electrons. The van der Waals surface area contributed by atoms with Crippen LogP contribution in [-0.2, 0) is 14.3 Å². The van der Waals surface area contributed by atoms with Gasteiger partial charge in [-0.15, -0.1) is 0 Å². The second-order valence-corrected chi connectivity index (χ2v) is 6.25. The Kier molecular flexibility index (Phi) is 4.62. The van der Waals surface area contributed by atoms with Crippen LogP contribution in [0.4, 0.5) is 0 Å². The first kappa shape index (κ1) is 16.6. The normalized spacial score (nSPS) is 20.0. The maximum Gasteiger partial charge on any atom is 0.338 e. The van der Waals surface area contributed by atoms with Gasteiger partial charge in [-0.25, -0.2) is 9.79 Å². The average molecular weight is 346 g/mol. The fourth-order valence-electron chi connectivity index (χ4n) is 2.90. The third kappa shape index (κ3) is 2.69. The van der Waals surface area contributed by atoms with Gasteiger partial charge in [0, 0.05) is 5.56 Å². The molecule has 1 saturated heterocycles. The molecule has 0 unspecified atom stereocenters. The number of para-hydroxylation sites is 1. The van der Waals surface area contributed by atoms with Crippen LogP contribution in [0.3, 0.4) is 0 Å². The van der Waals surface area contributed by atoms with Crippen LogP contribution in [0.1, 0.15) is 25.5 Å². The predicted molar refractivity (Wildman–Crippen MR) is 91.8 cm³/mol. The largest absolute Gasteiger partial charge is 0.496 e. The standard InChI is InChI=1S/C17H18N2O4S/c1-4-23-16(21)14-10(2)18-17-19(13(20)9-24-17)15(14)11-7-5-6-8-12(11)22-3/h5-8,15H,4,9H2,1-3H3/t15-/m0/s1. The molecular weight excluding hydrogens is 328 g/mol. The molecule has 1 aromatic carbocycles. The highest BCUT2D eigenvalue weighted by atomic mass is 32.2. The van der Waals surface area contributed by atoms with E-state index in [9.17, 15) is 9.59 Å². The number of hydrogen-bond acceptors (Lipinski definition) is 6. The van der Waals surface area contributed by atoms with Crippen molar-refractivity contribution in [2.45, 2.75) is 19.9 Å². The van der Waals surface area contributed by atoms with Gasteiger partial charge < -0.3 is 9.47 Å². The van der Waals surface area contributed by atoms with Crippen molar-refractivity contribution in [3.63, 3.8) is 0 Å². The zero-order chi connectivity index (χ0) is 17.3. The lowest BCUT2D eigenvalue weighted by Gasteiger charge is -2.33. The number of nitrogens with zero attached hydrogens (tertiary/aromatic N) is 2. The number of esters is 1. The summed E-state index contributed by atoms with van der Waals surface area (Å²) in [5, 5.41) is 0.612. The fraction of sp³-hybridized carbons (Fsp3) is 0.353. The molecule has 1 amide bonds. The molecule has 3 rings (SSSR count). The van der Waals surface area contributed by atoms with Crippen LogP contribution in [0.5, 0.6) is 5.75 Å². The molecule has 2 heterocycles. The van der Waals surface area contributed by atoms with E-state index >= 15 is 0 Å². The SMILES string of the molecule is CCOC(=O)C1=C(C)N=C2SCC(=O)N2[C@H]1c1ccccc1OC. The second-order valence-electron chi connectivity index (χ2n) is 5.31. The number of fused-ring (bicyclic) bond motifs is 1. The molecule has 2 aliphatic rings. The molecule has 0 aromatic heterocycles. The molecule has 1 atom stereocenters. The van der Waals surface area contributed by atoms with Gasteiger partial charge in [0.15, 0.2) is 5.17 Å². The van der Waals surface area contributed by atoms with Crippen molar-refractivity contribution in [1.29, 1.82) is 0 Å². The van der Waals surface area contributed by atoms with Crippen molar-refractivity contribution < 1.29 is 19.1 Å². The van der Waals surface area contributed by atoms with Crippen molar-refractivity contribution in [3.8, 4) is 5.75 Å². The summed E-state index contributed by atoms with van der Waals surface area (Å²) >= 11 is 1.38. The van der Waals surface area contributed by atoms with Gasteiger partial charge in [-0.05, 0) is 19.9 Å². The van der Waals surface area contributed by atoms with E-state index in [1.807, 2.05) is 24.3 Å². The molecule has 0 bridgehead atoms. The van der Waals surface area contributed by atoms with Crippen LogP contribution in [0.2, 0.25) is 0 Å². The summed E-state index contributed by atoms with van der Waals surface area (Å²) in [6, 6.07) is 6.79. The number of allylic oxidation sites excluding steroid dienone is 1. The number of aliphatic imine (C=N–C) groups is 1.